The van der Waals surface area contributed by atoms with Crippen LogP contribution < -0.4 is 5.32 Å². The molecule has 1 heterocycles. The number of rotatable bonds is 5. The summed E-state index contributed by atoms with van der Waals surface area (Å²) in [5, 5.41) is 23.1. The van der Waals surface area contributed by atoms with Crippen LogP contribution in [-0.2, 0) is 6.42 Å². The number of aryl methyl sites for hydroxylation is 2. The number of halogens is 1. The molecule has 0 radical (unpaired) electrons. The second-order valence-corrected chi connectivity index (χ2v) is 4.80. The van der Waals surface area contributed by atoms with Crippen LogP contribution in [0.25, 0.3) is 0 Å². The molecule has 0 saturated carbocycles. The lowest BCUT2D eigenvalue weighted by Crippen LogP contribution is -2.02. The summed E-state index contributed by atoms with van der Waals surface area (Å²) in [6.45, 7) is 3.52. The number of anilines is 2. The maximum absolute atomic E-state index is 11.2. The standard InChI is InChI=1S/C15H17N3O3.ClH/c1-10-9-14(15(18(20)21)11(2)16-10)17-13-5-3-12(4-6-13)7-8-19;/h3-6,9,19H,7-8H2,1-2H3,(H,16,17);1H. The van der Waals surface area contributed by atoms with Crippen LogP contribution in [-0.4, -0.2) is 21.6 Å². The van der Waals surface area contributed by atoms with Gasteiger partial charge in [-0.25, -0.2) is 0 Å². The van der Waals surface area contributed by atoms with Crippen molar-refractivity contribution in [1.82, 2.24) is 4.98 Å². The van der Waals surface area contributed by atoms with Gasteiger partial charge in [0.2, 0.25) is 0 Å². The van der Waals surface area contributed by atoms with E-state index in [1.54, 1.807) is 19.9 Å². The Morgan fingerprint density at radius 3 is 2.45 bits per heavy atom. The summed E-state index contributed by atoms with van der Waals surface area (Å²) in [7, 11) is 0. The molecule has 0 fully saturated rings. The monoisotopic (exact) mass is 323 g/mol. The van der Waals surface area contributed by atoms with E-state index in [2.05, 4.69) is 10.3 Å². The number of nitro groups is 1. The van der Waals surface area contributed by atoms with Gasteiger partial charge in [0, 0.05) is 18.0 Å². The van der Waals surface area contributed by atoms with E-state index in [1.165, 1.54) is 0 Å². The van der Waals surface area contributed by atoms with Crippen LogP contribution in [0.2, 0.25) is 0 Å². The third-order valence-electron chi connectivity index (χ3n) is 3.11. The van der Waals surface area contributed by atoms with Gasteiger partial charge in [0.25, 0.3) is 0 Å². The number of aromatic nitrogens is 1. The lowest BCUT2D eigenvalue weighted by molar-refractivity contribution is -0.384. The Bertz CT molecular complexity index is 660. The average Bonchev–Trinajstić information content (AvgIpc) is 2.40. The predicted molar refractivity (Wildman–Crippen MR) is 88.1 cm³/mol. The largest absolute Gasteiger partial charge is 0.396 e. The van der Waals surface area contributed by atoms with Gasteiger partial charge in [0.15, 0.2) is 0 Å². The molecule has 0 atom stereocenters. The van der Waals surface area contributed by atoms with Crippen molar-refractivity contribution >= 4 is 29.5 Å². The van der Waals surface area contributed by atoms with Crippen LogP contribution >= 0.6 is 12.4 Å². The van der Waals surface area contributed by atoms with E-state index in [0.29, 0.717) is 17.8 Å². The van der Waals surface area contributed by atoms with Crippen LogP contribution in [0.1, 0.15) is 17.0 Å². The first-order chi connectivity index (χ1) is 10.0. The van der Waals surface area contributed by atoms with Gasteiger partial charge in [-0.15, -0.1) is 12.4 Å². The molecule has 22 heavy (non-hydrogen) atoms. The normalized spacial score (nSPS) is 9.95. The lowest BCUT2D eigenvalue weighted by Gasteiger charge is -2.10. The molecule has 6 nitrogen and oxygen atoms in total. The van der Waals surface area contributed by atoms with Gasteiger partial charge in [-0.1, -0.05) is 12.1 Å². The summed E-state index contributed by atoms with van der Waals surface area (Å²) in [5.74, 6) is 0. The Labute approximate surface area is 134 Å². The fourth-order valence-corrected chi connectivity index (χ4v) is 2.19. The van der Waals surface area contributed by atoms with Gasteiger partial charge >= 0.3 is 5.69 Å². The molecule has 1 aromatic heterocycles. The highest BCUT2D eigenvalue weighted by Crippen LogP contribution is 2.30. The third kappa shape index (κ3) is 4.16. The first kappa shape index (κ1) is 17.9. The molecule has 2 rings (SSSR count). The topological polar surface area (TPSA) is 88.3 Å². The quantitative estimate of drug-likeness (QED) is 0.651. The first-order valence-corrected chi connectivity index (χ1v) is 6.60. The van der Waals surface area contributed by atoms with Gasteiger partial charge < -0.3 is 10.4 Å². The fourth-order valence-electron chi connectivity index (χ4n) is 2.19. The Morgan fingerprint density at radius 2 is 1.91 bits per heavy atom. The van der Waals surface area contributed by atoms with Crippen molar-refractivity contribution in [1.29, 1.82) is 0 Å². The summed E-state index contributed by atoms with van der Waals surface area (Å²) in [6.07, 6.45) is 0.591. The third-order valence-corrected chi connectivity index (χ3v) is 3.11. The molecule has 2 N–H and O–H groups in total. The zero-order chi connectivity index (χ0) is 15.4. The number of aliphatic hydroxyl groups is 1. The zero-order valence-corrected chi connectivity index (χ0v) is 13.2. The Balaban J connectivity index is 0.00000242. The molecule has 118 valence electrons. The van der Waals surface area contributed by atoms with Crippen LogP contribution in [0.5, 0.6) is 0 Å². The maximum atomic E-state index is 11.2. The summed E-state index contributed by atoms with van der Waals surface area (Å²) in [6, 6.07) is 9.09. The van der Waals surface area contributed by atoms with Gasteiger partial charge in [-0.2, -0.15) is 0 Å². The van der Waals surface area contributed by atoms with E-state index in [0.717, 1.165) is 16.9 Å². The van der Waals surface area contributed by atoms with Crippen molar-refractivity contribution in [2.45, 2.75) is 20.3 Å². The van der Waals surface area contributed by atoms with E-state index in [9.17, 15) is 10.1 Å². The molecular formula is C15H18ClN3O3. The fraction of sp³-hybridized carbons (Fsp3) is 0.267. The second-order valence-electron chi connectivity index (χ2n) is 4.80. The minimum atomic E-state index is -0.426. The van der Waals surface area contributed by atoms with Gasteiger partial charge in [0.1, 0.15) is 11.4 Å². The molecule has 0 bridgehead atoms. The molecule has 0 spiro atoms. The molecule has 2 aromatic rings. The number of aliphatic hydroxyl groups excluding tert-OH is 1. The number of hydrogen-bond donors (Lipinski definition) is 2. The van der Waals surface area contributed by atoms with E-state index < -0.39 is 4.92 Å². The van der Waals surface area contributed by atoms with Gasteiger partial charge in [-0.05, 0) is 44.0 Å². The molecule has 0 aliphatic carbocycles. The molecule has 0 saturated heterocycles. The zero-order valence-electron chi connectivity index (χ0n) is 12.4. The van der Waals surface area contributed by atoms with Crippen molar-refractivity contribution < 1.29 is 10.0 Å². The van der Waals surface area contributed by atoms with Gasteiger partial charge in [-0.3, -0.25) is 15.1 Å². The predicted octanol–water partition coefficient (Wildman–Crippen LogP) is 3.31. The van der Waals surface area contributed by atoms with Crippen molar-refractivity contribution in [3.8, 4) is 0 Å². The molecular weight excluding hydrogens is 306 g/mol. The number of nitrogens with zero attached hydrogens (tertiary/aromatic N) is 2. The first-order valence-electron chi connectivity index (χ1n) is 6.60. The van der Waals surface area contributed by atoms with Crippen molar-refractivity contribution in [2.24, 2.45) is 0 Å². The maximum Gasteiger partial charge on any atom is 0.313 e. The van der Waals surface area contributed by atoms with E-state index in [4.69, 9.17) is 5.11 Å². The molecule has 0 amide bonds. The number of pyridine rings is 1. The smallest absolute Gasteiger partial charge is 0.313 e. The average molecular weight is 324 g/mol. The molecule has 7 heteroatoms. The summed E-state index contributed by atoms with van der Waals surface area (Å²) >= 11 is 0. The highest BCUT2D eigenvalue weighted by atomic mass is 35.5. The molecule has 0 aliphatic heterocycles. The summed E-state index contributed by atoms with van der Waals surface area (Å²) < 4.78 is 0. The minimum Gasteiger partial charge on any atom is -0.396 e. The van der Waals surface area contributed by atoms with Crippen molar-refractivity contribution in [3.63, 3.8) is 0 Å². The second kappa shape index (κ2) is 7.72. The Kier molecular flexibility index (Phi) is 6.27. The Hall–Kier alpha value is -2.18. The number of nitrogens with one attached hydrogen (secondary N) is 1. The number of benzene rings is 1. The lowest BCUT2D eigenvalue weighted by atomic mass is 10.1. The summed E-state index contributed by atoms with van der Waals surface area (Å²) in [5.41, 5.74) is 3.29. The number of hydrogen-bond acceptors (Lipinski definition) is 5. The highest BCUT2D eigenvalue weighted by Gasteiger charge is 2.19. The van der Waals surface area contributed by atoms with E-state index >= 15 is 0 Å². The molecule has 0 unspecified atom stereocenters. The Morgan fingerprint density at radius 1 is 1.27 bits per heavy atom. The minimum absolute atomic E-state index is 0. The SMILES string of the molecule is Cc1cc(Nc2ccc(CCO)cc2)c([N+](=O)[O-])c(C)n1.Cl. The van der Waals surface area contributed by atoms with E-state index in [1.807, 2.05) is 24.3 Å². The van der Waals surface area contributed by atoms with Gasteiger partial charge in [0.05, 0.1) is 4.92 Å². The van der Waals surface area contributed by atoms with Crippen molar-refractivity contribution in [3.05, 3.63) is 57.4 Å². The summed E-state index contributed by atoms with van der Waals surface area (Å²) in [4.78, 5) is 14.9. The molecule has 0 aliphatic rings. The van der Waals surface area contributed by atoms with Crippen LogP contribution in [0.3, 0.4) is 0 Å². The molecule has 1 aromatic carbocycles. The van der Waals surface area contributed by atoms with Crippen molar-refractivity contribution in [2.75, 3.05) is 11.9 Å². The van der Waals surface area contributed by atoms with Crippen LogP contribution in [0, 0.1) is 24.0 Å². The van der Waals surface area contributed by atoms with E-state index in [-0.39, 0.29) is 24.7 Å². The van der Waals surface area contributed by atoms with Crippen LogP contribution in [0.15, 0.2) is 30.3 Å². The highest BCUT2D eigenvalue weighted by molar-refractivity contribution is 5.85. The van der Waals surface area contributed by atoms with Crippen LogP contribution in [0.4, 0.5) is 17.1 Å².